The molecule has 0 fully saturated rings. The Hall–Kier alpha value is -2.89. The molecule has 156 valence electrons. The third kappa shape index (κ3) is 6.89. The van der Waals surface area contributed by atoms with Gasteiger partial charge < -0.3 is 15.0 Å². The Kier molecular flexibility index (Phi) is 8.65. The van der Waals surface area contributed by atoms with Crippen LogP contribution in [-0.4, -0.2) is 35.9 Å². The smallest absolute Gasteiger partial charge is 0.261 e. The maximum atomic E-state index is 13.0. The third-order valence-electron chi connectivity index (χ3n) is 4.77. The van der Waals surface area contributed by atoms with Crippen molar-refractivity contribution in [1.29, 1.82) is 0 Å². The Morgan fingerprint density at radius 3 is 2.48 bits per heavy atom. The second-order valence-corrected chi connectivity index (χ2v) is 7.01. The highest BCUT2D eigenvalue weighted by atomic mass is 19.1. The maximum Gasteiger partial charge on any atom is 0.261 e. The van der Waals surface area contributed by atoms with E-state index in [1.807, 2.05) is 31.2 Å². The van der Waals surface area contributed by atoms with Gasteiger partial charge in [0, 0.05) is 13.1 Å². The molecule has 0 unspecified atom stereocenters. The number of carbonyl (C=O) groups excluding carboxylic acids is 2. The summed E-state index contributed by atoms with van der Waals surface area (Å²) >= 11 is 0. The van der Waals surface area contributed by atoms with Gasteiger partial charge in [-0.2, -0.15) is 0 Å². The fourth-order valence-electron chi connectivity index (χ4n) is 2.85. The fourth-order valence-corrected chi connectivity index (χ4v) is 2.85. The van der Waals surface area contributed by atoms with E-state index < -0.39 is 6.04 Å². The second-order valence-electron chi connectivity index (χ2n) is 7.01. The average molecular weight is 400 g/mol. The van der Waals surface area contributed by atoms with Crippen LogP contribution in [0.15, 0.2) is 48.5 Å². The Labute approximate surface area is 171 Å². The first kappa shape index (κ1) is 22.4. The van der Waals surface area contributed by atoms with Crippen LogP contribution in [0, 0.1) is 12.7 Å². The zero-order valence-electron chi connectivity index (χ0n) is 17.3. The second kappa shape index (κ2) is 11.2. The molecule has 1 atom stereocenters. The molecule has 2 aromatic carbocycles. The van der Waals surface area contributed by atoms with Crippen molar-refractivity contribution in [1.82, 2.24) is 10.2 Å². The van der Waals surface area contributed by atoms with Gasteiger partial charge in [-0.25, -0.2) is 4.39 Å². The number of unbranched alkanes of at least 4 members (excludes halogenated alkanes) is 1. The molecule has 0 saturated carbocycles. The molecule has 2 rings (SSSR count). The van der Waals surface area contributed by atoms with Crippen molar-refractivity contribution in [2.45, 2.75) is 46.2 Å². The maximum absolute atomic E-state index is 13.0. The lowest BCUT2D eigenvalue weighted by atomic mass is 10.1. The van der Waals surface area contributed by atoms with Crippen molar-refractivity contribution < 1.29 is 18.7 Å². The van der Waals surface area contributed by atoms with E-state index >= 15 is 0 Å². The number of amides is 2. The SMILES string of the molecule is CCCCNC(=O)[C@H](C)N(Cc1ccccc1C)C(=O)COc1ccc(F)cc1. The summed E-state index contributed by atoms with van der Waals surface area (Å²) in [6.45, 7) is 6.40. The lowest BCUT2D eigenvalue weighted by Crippen LogP contribution is -2.49. The van der Waals surface area contributed by atoms with Crippen LogP contribution in [0.25, 0.3) is 0 Å². The number of carbonyl (C=O) groups is 2. The zero-order valence-corrected chi connectivity index (χ0v) is 17.3. The molecule has 1 N–H and O–H groups in total. The van der Waals surface area contributed by atoms with Crippen LogP contribution in [0.1, 0.15) is 37.8 Å². The van der Waals surface area contributed by atoms with Crippen LogP contribution >= 0.6 is 0 Å². The molecule has 2 amide bonds. The van der Waals surface area contributed by atoms with Crippen LogP contribution in [0.5, 0.6) is 5.75 Å². The Morgan fingerprint density at radius 2 is 1.83 bits per heavy atom. The lowest BCUT2D eigenvalue weighted by molar-refractivity contribution is -0.142. The number of nitrogens with one attached hydrogen (secondary N) is 1. The number of aryl methyl sites for hydroxylation is 1. The van der Waals surface area contributed by atoms with Gasteiger partial charge >= 0.3 is 0 Å². The molecule has 29 heavy (non-hydrogen) atoms. The molecule has 0 aromatic heterocycles. The van der Waals surface area contributed by atoms with Crippen LogP contribution in [0.4, 0.5) is 4.39 Å². The molecule has 0 aliphatic heterocycles. The quantitative estimate of drug-likeness (QED) is 0.617. The van der Waals surface area contributed by atoms with Gasteiger partial charge in [-0.05, 0) is 55.7 Å². The van der Waals surface area contributed by atoms with Crippen molar-refractivity contribution in [3.63, 3.8) is 0 Å². The van der Waals surface area contributed by atoms with Gasteiger partial charge in [0.05, 0.1) is 0 Å². The van der Waals surface area contributed by atoms with E-state index in [0.29, 0.717) is 18.8 Å². The summed E-state index contributed by atoms with van der Waals surface area (Å²) in [6.07, 6.45) is 1.86. The molecule has 0 radical (unpaired) electrons. The first-order chi connectivity index (χ1) is 13.9. The van der Waals surface area contributed by atoms with E-state index in [4.69, 9.17) is 4.74 Å². The molecular formula is C23H29FN2O3. The van der Waals surface area contributed by atoms with Crippen molar-refractivity contribution in [2.75, 3.05) is 13.2 Å². The molecule has 0 aliphatic rings. The van der Waals surface area contributed by atoms with Crippen molar-refractivity contribution >= 4 is 11.8 Å². The monoisotopic (exact) mass is 400 g/mol. The van der Waals surface area contributed by atoms with Gasteiger partial charge in [0.25, 0.3) is 5.91 Å². The van der Waals surface area contributed by atoms with Gasteiger partial charge in [-0.15, -0.1) is 0 Å². The first-order valence-electron chi connectivity index (χ1n) is 9.92. The zero-order chi connectivity index (χ0) is 21.2. The summed E-state index contributed by atoms with van der Waals surface area (Å²) in [4.78, 5) is 27.0. The summed E-state index contributed by atoms with van der Waals surface area (Å²) in [7, 11) is 0. The highest BCUT2D eigenvalue weighted by Gasteiger charge is 2.26. The molecule has 0 bridgehead atoms. The van der Waals surface area contributed by atoms with E-state index in [0.717, 1.165) is 24.0 Å². The molecule has 0 aliphatic carbocycles. The summed E-state index contributed by atoms with van der Waals surface area (Å²) in [5.41, 5.74) is 2.01. The number of hydrogen-bond donors (Lipinski definition) is 1. The van der Waals surface area contributed by atoms with Gasteiger partial charge in [0.15, 0.2) is 6.61 Å². The number of ether oxygens (including phenoxy) is 1. The standard InChI is InChI=1S/C23H29FN2O3/c1-4-5-14-25-23(28)18(3)26(15-19-9-7-6-8-17(19)2)22(27)16-29-21-12-10-20(24)11-13-21/h6-13,18H,4-5,14-16H2,1-3H3,(H,25,28)/t18-/m0/s1. The van der Waals surface area contributed by atoms with Gasteiger partial charge in [-0.1, -0.05) is 37.6 Å². The van der Waals surface area contributed by atoms with Gasteiger partial charge in [0.2, 0.25) is 5.91 Å². The summed E-state index contributed by atoms with van der Waals surface area (Å²) in [5.74, 6) is -0.476. The molecule has 2 aromatic rings. The minimum atomic E-state index is -0.643. The minimum Gasteiger partial charge on any atom is -0.484 e. The van der Waals surface area contributed by atoms with Crippen molar-refractivity contribution in [2.24, 2.45) is 0 Å². The Balaban J connectivity index is 2.11. The summed E-state index contributed by atoms with van der Waals surface area (Å²) in [5, 5.41) is 2.88. The first-order valence-corrected chi connectivity index (χ1v) is 9.92. The normalized spacial score (nSPS) is 11.6. The van der Waals surface area contributed by atoms with Gasteiger partial charge in [0.1, 0.15) is 17.6 Å². The molecule has 6 heteroatoms. The summed E-state index contributed by atoms with van der Waals surface area (Å²) < 4.78 is 18.6. The third-order valence-corrected chi connectivity index (χ3v) is 4.77. The Morgan fingerprint density at radius 1 is 1.14 bits per heavy atom. The number of nitrogens with zero attached hydrogens (tertiary/aromatic N) is 1. The largest absolute Gasteiger partial charge is 0.484 e. The summed E-state index contributed by atoms with van der Waals surface area (Å²) in [6, 6.07) is 12.6. The molecule has 0 saturated heterocycles. The van der Waals surface area contributed by atoms with Crippen molar-refractivity contribution in [3.8, 4) is 5.75 Å². The molecular weight excluding hydrogens is 371 g/mol. The van der Waals surface area contributed by atoms with Crippen molar-refractivity contribution in [3.05, 3.63) is 65.5 Å². The Bertz CT molecular complexity index is 808. The lowest BCUT2D eigenvalue weighted by Gasteiger charge is -2.29. The van der Waals surface area contributed by atoms with Crippen LogP contribution in [0.2, 0.25) is 0 Å². The topological polar surface area (TPSA) is 58.6 Å². The highest BCUT2D eigenvalue weighted by Crippen LogP contribution is 2.15. The van der Waals surface area contributed by atoms with E-state index in [1.165, 1.54) is 29.2 Å². The van der Waals surface area contributed by atoms with Gasteiger partial charge in [-0.3, -0.25) is 9.59 Å². The van der Waals surface area contributed by atoms with E-state index in [1.54, 1.807) is 6.92 Å². The predicted octanol–water partition coefficient (Wildman–Crippen LogP) is 3.85. The number of benzene rings is 2. The molecule has 5 nitrogen and oxygen atoms in total. The van der Waals surface area contributed by atoms with E-state index in [9.17, 15) is 14.0 Å². The molecule has 0 spiro atoms. The van der Waals surface area contributed by atoms with Crippen LogP contribution in [-0.2, 0) is 16.1 Å². The fraction of sp³-hybridized carbons (Fsp3) is 0.391. The highest BCUT2D eigenvalue weighted by molar-refractivity contribution is 5.87. The molecule has 0 heterocycles. The van der Waals surface area contributed by atoms with E-state index in [2.05, 4.69) is 12.2 Å². The van der Waals surface area contributed by atoms with Crippen LogP contribution < -0.4 is 10.1 Å². The van der Waals surface area contributed by atoms with E-state index in [-0.39, 0.29) is 24.2 Å². The number of hydrogen-bond acceptors (Lipinski definition) is 3. The predicted molar refractivity (Wildman–Crippen MR) is 111 cm³/mol. The average Bonchev–Trinajstić information content (AvgIpc) is 2.72. The van der Waals surface area contributed by atoms with Crippen LogP contribution in [0.3, 0.4) is 0 Å². The number of rotatable bonds is 10. The number of halogens is 1. The minimum absolute atomic E-state index is 0.192.